The molecule has 0 saturated heterocycles. The van der Waals surface area contributed by atoms with E-state index in [1.165, 1.54) is 0 Å². The van der Waals surface area contributed by atoms with Crippen LogP contribution >= 0.6 is 0 Å². The summed E-state index contributed by atoms with van der Waals surface area (Å²) < 4.78 is 25.3. The molecule has 0 spiro atoms. The number of pyridine rings is 2. The van der Waals surface area contributed by atoms with E-state index in [0.717, 1.165) is 42.7 Å². The predicted octanol–water partition coefficient (Wildman–Crippen LogP) is 3.32. The molecular formula is C24H29FN6O3. The van der Waals surface area contributed by atoms with Crippen molar-refractivity contribution in [3.05, 3.63) is 47.8 Å². The summed E-state index contributed by atoms with van der Waals surface area (Å²) in [6.45, 7) is 0.877. The summed E-state index contributed by atoms with van der Waals surface area (Å²) in [6.07, 6.45) is 3.77. The summed E-state index contributed by atoms with van der Waals surface area (Å²) in [7, 11) is 1.61. The largest absolute Gasteiger partial charge is 0.475 e. The van der Waals surface area contributed by atoms with Crippen molar-refractivity contribution < 1.29 is 18.7 Å². The highest BCUT2D eigenvalue weighted by Crippen LogP contribution is 2.28. The number of aromatic nitrogens is 2. The van der Waals surface area contributed by atoms with E-state index in [9.17, 15) is 9.18 Å². The number of nitrogens with two attached hydrogens (primary N) is 2. The monoisotopic (exact) mass is 468 g/mol. The van der Waals surface area contributed by atoms with Crippen molar-refractivity contribution in [1.82, 2.24) is 9.97 Å². The van der Waals surface area contributed by atoms with E-state index < -0.39 is 11.7 Å². The van der Waals surface area contributed by atoms with Gasteiger partial charge in [-0.2, -0.15) is 0 Å². The molecule has 34 heavy (non-hydrogen) atoms. The van der Waals surface area contributed by atoms with Crippen LogP contribution in [-0.4, -0.2) is 48.3 Å². The Balaban J connectivity index is 1.58. The van der Waals surface area contributed by atoms with Gasteiger partial charge in [0.05, 0.1) is 17.7 Å². The maximum atomic E-state index is 14.7. The molecule has 6 N–H and O–H groups in total. The average molecular weight is 469 g/mol. The van der Waals surface area contributed by atoms with E-state index in [1.54, 1.807) is 19.2 Å². The van der Waals surface area contributed by atoms with Crippen molar-refractivity contribution in [2.75, 3.05) is 31.0 Å². The van der Waals surface area contributed by atoms with E-state index in [2.05, 4.69) is 20.6 Å². The van der Waals surface area contributed by atoms with Crippen LogP contribution in [0.2, 0.25) is 0 Å². The molecule has 180 valence electrons. The first-order valence-corrected chi connectivity index (χ1v) is 11.3. The molecule has 0 bridgehead atoms. The van der Waals surface area contributed by atoms with Crippen molar-refractivity contribution in [3.8, 4) is 5.88 Å². The lowest BCUT2D eigenvalue weighted by Gasteiger charge is -2.30. The molecule has 1 saturated carbocycles. The second-order valence-corrected chi connectivity index (χ2v) is 8.30. The van der Waals surface area contributed by atoms with E-state index in [-0.39, 0.29) is 29.3 Å². The molecule has 3 aromatic rings. The van der Waals surface area contributed by atoms with Crippen LogP contribution in [0.1, 0.15) is 36.0 Å². The lowest BCUT2D eigenvalue weighted by Crippen LogP contribution is -2.43. The number of fused-ring (bicyclic) bond motifs is 1. The molecule has 1 fully saturated rings. The number of rotatable bonds is 9. The number of carbonyl (C=O) groups excluding carboxylic acids is 1. The molecule has 1 aliphatic carbocycles. The first-order valence-electron chi connectivity index (χ1n) is 11.3. The van der Waals surface area contributed by atoms with Gasteiger partial charge in [0.15, 0.2) is 11.6 Å². The minimum atomic E-state index is -0.782. The fourth-order valence-electron chi connectivity index (χ4n) is 4.02. The summed E-state index contributed by atoms with van der Waals surface area (Å²) >= 11 is 0. The number of nitrogens with zero attached hydrogens (tertiary/aromatic N) is 2. The van der Waals surface area contributed by atoms with Gasteiger partial charge in [-0.05, 0) is 43.2 Å². The Bertz CT molecular complexity index is 1170. The lowest BCUT2D eigenvalue weighted by molar-refractivity contribution is 0.100. The molecule has 1 unspecified atom stereocenters. The fraction of sp³-hybridized carbons (Fsp3) is 0.375. The molecule has 9 nitrogen and oxygen atoms in total. The number of amides is 1. The maximum absolute atomic E-state index is 14.7. The highest BCUT2D eigenvalue weighted by Gasteiger charge is 2.24. The number of methoxy groups -OCH3 is 1. The van der Waals surface area contributed by atoms with Gasteiger partial charge in [0.2, 0.25) is 5.88 Å². The van der Waals surface area contributed by atoms with Crippen LogP contribution in [0, 0.1) is 5.82 Å². The zero-order valence-corrected chi connectivity index (χ0v) is 19.0. The Morgan fingerprint density at radius 2 is 1.94 bits per heavy atom. The topological polar surface area (TPSA) is 137 Å². The zero-order valence-electron chi connectivity index (χ0n) is 19.0. The molecular weight excluding hydrogens is 439 g/mol. The number of nitrogens with one attached hydrogen (secondary N) is 2. The number of halogens is 1. The Hall–Kier alpha value is -3.50. The second-order valence-electron chi connectivity index (χ2n) is 8.30. The van der Waals surface area contributed by atoms with E-state index >= 15 is 0 Å². The molecule has 1 amide bonds. The Morgan fingerprint density at radius 3 is 2.71 bits per heavy atom. The fourth-order valence-corrected chi connectivity index (χ4v) is 4.02. The van der Waals surface area contributed by atoms with Gasteiger partial charge in [-0.15, -0.1) is 0 Å². The standard InChI is InChI=1S/C24H29FN6O3/c1-33-10-11-34-21-9-6-14-12-15(7-8-19(14)29-21)28-23-16(22(27)32)13-17(25)24(31-23)30-20-5-3-2-4-18(20)26/h6-9,12-13,18,20H,2-5,10-11,26H2,1H3,(H2,27,32)(H2,28,30,31)/t18?,20-/m1/s1. The van der Waals surface area contributed by atoms with Crippen LogP contribution in [0.5, 0.6) is 5.88 Å². The van der Waals surface area contributed by atoms with Crippen molar-refractivity contribution >= 4 is 34.1 Å². The zero-order chi connectivity index (χ0) is 24.1. The van der Waals surface area contributed by atoms with Crippen LogP contribution in [-0.2, 0) is 4.74 Å². The van der Waals surface area contributed by atoms with Gasteiger partial charge in [-0.25, -0.2) is 14.4 Å². The summed E-state index contributed by atoms with van der Waals surface area (Å²) in [5.74, 6) is -0.739. The number of primary amides is 1. The van der Waals surface area contributed by atoms with Gasteiger partial charge in [0.25, 0.3) is 5.91 Å². The normalized spacial score (nSPS) is 18.0. The summed E-state index contributed by atoms with van der Waals surface area (Å²) in [5.41, 5.74) is 13.0. The van der Waals surface area contributed by atoms with Crippen molar-refractivity contribution in [1.29, 1.82) is 0 Å². The number of ether oxygens (including phenoxy) is 2. The van der Waals surface area contributed by atoms with Gasteiger partial charge >= 0.3 is 0 Å². The minimum absolute atomic E-state index is 0.0372. The average Bonchev–Trinajstić information content (AvgIpc) is 2.82. The number of hydrogen-bond acceptors (Lipinski definition) is 8. The van der Waals surface area contributed by atoms with Crippen molar-refractivity contribution in [3.63, 3.8) is 0 Å². The van der Waals surface area contributed by atoms with E-state index in [0.29, 0.717) is 24.8 Å². The molecule has 2 aromatic heterocycles. The van der Waals surface area contributed by atoms with Crippen LogP contribution in [0.25, 0.3) is 10.9 Å². The molecule has 0 radical (unpaired) electrons. The van der Waals surface area contributed by atoms with Gasteiger partial charge < -0.3 is 31.6 Å². The first-order chi connectivity index (χ1) is 16.4. The van der Waals surface area contributed by atoms with E-state index in [4.69, 9.17) is 20.9 Å². The lowest BCUT2D eigenvalue weighted by atomic mass is 9.91. The summed E-state index contributed by atoms with van der Waals surface area (Å²) in [4.78, 5) is 20.8. The summed E-state index contributed by atoms with van der Waals surface area (Å²) in [5, 5.41) is 7.05. The molecule has 1 aromatic carbocycles. The smallest absolute Gasteiger partial charge is 0.252 e. The van der Waals surface area contributed by atoms with Crippen molar-refractivity contribution in [2.45, 2.75) is 37.8 Å². The van der Waals surface area contributed by atoms with Gasteiger partial charge in [-0.3, -0.25) is 4.79 Å². The highest BCUT2D eigenvalue weighted by molar-refractivity contribution is 5.99. The third-order valence-corrected chi connectivity index (χ3v) is 5.85. The molecule has 1 aliphatic rings. The summed E-state index contributed by atoms with van der Waals surface area (Å²) in [6, 6.07) is 10.0. The SMILES string of the molecule is COCCOc1ccc2cc(Nc3nc(N[C@@H]4CCCCC4N)c(F)cc3C(N)=O)ccc2n1. The third kappa shape index (κ3) is 5.52. The van der Waals surface area contributed by atoms with Gasteiger partial charge in [0, 0.05) is 36.3 Å². The Labute approximate surface area is 197 Å². The van der Waals surface area contributed by atoms with Crippen LogP contribution in [0.4, 0.5) is 21.7 Å². The molecule has 10 heteroatoms. The molecule has 0 aliphatic heterocycles. The first kappa shape index (κ1) is 23.7. The second kappa shape index (κ2) is 10.6. The molecule has 2 heterocycles. The minimum Gasteiger partial charge on any atom is -0.475 e. The number of hydrogen-bond donors (Lipinski definition) is 4. The number of anilines is 3. The maximum Gasteiger partial charge on any atom is 0.252 e. The van der Waals surface area contributed by atoms with E-state index in [1.807, 2.05) is 18.2 Å². The third-order valence-electron chi connectivity index (χ3n) is 5.85. The van der Waals surface area contributed by atoms with Crippen LogP contribution in [0.3, 0.4) is 0 Å². The molecule has 2 atom stereocenters. The number of benzene rings is 1. The molecule has 4 rings (SSSR count). The van der Waals surface area contributed by atoms with Crippen molar-refractivity contribution in [2.24, 2.45) is 11.5 Å². The Kier molecular flexibility index (Phi) is 7.39. The predicted molar refractivity (Wildman–Crippen MR) is 129 cm³/mol. The quantitative estimate of drug-likeness (QED) is 0.351. The number of carbonyl (C=O) groups is 1. The van der Waals surface area contributed by atoms with Gasteiger partial charge in [0.1, 0.15) is 12.4 Å². The highest BCUT2D eigenvalue weighted by atomic mass is 19.1. The van der Waals surface area contributed by atoms with Gasteiger partial charge in [-0.1, -0.05) is 12.8 Å². The Morgan fingerprint density at radius 1 is 1.12 bits per heavy atom. The van der Waals surface area contributed by atoms with Crippen LogP contribution in [0.15, 0.2) is 36.4 Å². The van der Waals surface area contributed by atoms with Crippen LogP contribution < -0.4 is 26.8 Å².